The second-order valence-electron chi connectivity index (χ2n) is 8.57. The minimum Gasteiger partial charge on any atom is -0.493 e. The molecule has 214 valence electrons. The van der Waals surface area contributed by atoms with Crippen molar-refractivity contribution in [2.45, 2.75) is 24.4 Å². The fourth-order valence-electron chi connectivity index (χ4n) is 3.87. The molecule has 0 aromatic heterocycles. The molecule has 1 atom stereocenters. The molecule has 0 heterocycles. The Balaban J connectivity index is 2.07. The number of nitrogens with one attached hydrogen (secondary N) is 1. The summed E-state index contributed by atoms with van der Waals surface area (Å²) >= 11 is 12.2. The molecule has 9 nitrogen and oxygen atoms in total. The van der Waals surface area contributed by atoms with Crippen LogP contribution in [-0.4, -0.2) is 59.0 Å². The van der Waals surface area contributed by atoms with Crippen LogP contribution in [0.15, 0.2) is 65.6 Å². The second-order valence-corrected chi connectivity index (χ2v) is 11.2. The van der Waals surface area contributed by atoms with E-state index < -0.39 is 40.2 Å². The number of likely N-dealkylation sites (N-methyl/N-ethyl adjacent to an activating group) is 1. The molecule has 40 heavy (non-hydrogen) atoms. The number of sulfonamides is 1. The molecule has 1 N–H and O–H groups in total. The van der Waals surface area contributed by atoms with Gasteiger partial charge in [-0.05, 0) is 61.0 Å². The average Bonchev–Trinajstić information content (AvgIpc) is 2.95. The van der Waals surface area contributed by atoms with Crippen molar-refractivity contribution in [2.75, 3.05) is 32.1 Å². The number of nitrogens with zero attached hydrogens (tertiary/aromatic N) is 2. The van der Waals surface area contributed by atoms with Gasteiger partial charge >= 0.3 is 0 Å². The summed E-state index contributed by atoms with van der Waals surface area (Å²) in [7, 11) is -0.211. The molecule has 0 aliphatic heterocycles. The van der Waals surface area contributed by atoms with Crippen LogP contribution in [0.25, 0.3) is 0 Å². The Morgan fingerprint density at radius 2 is 1.60 bits per heavy atom. The normalized spacial score (nSPS) is 11.9. The molecule has 3 rings (SSSR count). The Morgan fingerprint density at radius 1 is 0.950 bits per heavy atom. The average molecular weight is 613 g/mol. The summed E-state index contributed by atoms with van der Waals surface area (Å²) in [6.07, 6.45) is 0. The first-order valence-corrected chi connectivity index (χ1v) is 14.1. The van der Waals surface area contributed by atoms with E-state index in [1.54, 1.807) is 18.2 Å². The zero-order valence-electron chi connectivity index (χ0n) is 22.2. The number of halogens is 3. The van der Waals surface area contributed by atoms with Crippen molar-refractivity contribution >= 4 is 50.7 Å². The quantitative estimate of drug-likeness (QED) is 0.342. The van der Waals surface area contributed by atoms with E-state index >= 15 is 0 Å². The van der Waals surface area contributed by atoms with Gasteiger partial charge in [-0.1, -0.05) is 29.3 Å². The molecule has 0 fully saturated rings. The monoisotopic (exact) mass is 611 g/mol. The topological polar surface area (TPSA) is 105 Å². The van der Waals surface area contributed by atoms with Crippen molar-refractivity contribution in [3.63, 3.8) is 0 Å². The van der Waals surface area contributed by atoms with Crippen molar-refractivity contribution < 1.29 is 31.9 Å². The second kappa shape index (κ2) is 13.2. The Kier molecular flexibility index (Phi) is 10.2. The molecular weight excluding hydrogens is 584 g/mol. The van der Waals surface area contributed by atoms with Gasteiger partial charge in [0.1, 0.15) is 18.4 Å². The van der Waals surface area contributed by atoms with E-state index in [1.165, 1.54) is 63.4 Å². The molecule has 0 bridgehead atoms. The van der Waals surface area contributed by atoms with Crippen LogP contribution in [0.2, 0.25) is 10.0 Å². The van der Waals surface area contributed by atoms with Gasteiger partial charge in [-0.15, -0.1) is 0 Å². The molecule has 3 aromatic rings. The number of carbonyl (C=O) groups excluding carboxylic acids is 2. The fourth-order valence-corrected chi connectivity index (χ4v) is 5.62. The minimum absolute atomic E-state index is 0.0339. The lowest BCUT2D eigenvalue weighted by Gasteiger charge is -2.32. The number of ether oxygens (including phenoxy) is 2. The van der Waals surface area contributed by atoms with E-state index in [4.69, 9.17) is 32.7 Å². The molecule has 0 aliphatic rings. The lowest BCUT2D eigenvalue weighted by atomic mass is 10.1. The minimum atomic E-state index is -4.40. The van der Waals surface area contributed by atoms with Gasteiger partial charge in [-0.2, -0.15) is 0 Å². The van der Waals surface area contributed by atoms with Gasteiger partial charge in [0, 0.05) is 19.7 Å². The van der Waals surface area contributed by atoms with E-state index in [9.17, 15) is 22.4 Å². The maximum absolute atomic E-state index is 13.9. The van der Waals surface area contributed by atoms with Crippen molar-refractivity contribution in [1.29, 1.82) is 0 Å². The lowest BCUT2D eigenvalue weighted by Crippen LogP contribution is -2.50. The molecular formula is C27H28Cl2FN3O6S. The van der Waals surface area contributed by atoms with Crippen LogP contribution in [0, 0.1) is 5.82 Å². The number of anilines is 1. The molecule has 13 heteroatoms. The zero-order chi connectivity index (χ0) is 29.6. The highest BCUT2D eigenvalue weighted by Crippen LogP contribution is 2.32. The van der Waals surface area contributed by atoms with Gasteiger partial charge in [0.25, 0.3) is 10.0 Å². The largest absolute Gasteiger partial charge is 0.493 e. The van der Waals surface area contributed by atoms with Gasteiger partial charge in [0.15, 0.2) is 11.5 Å². The molecule has 2 amide bonds. The Labute approximate surface area is 242 Å². The number of hydrogen-bond acceptors (Lipinski definition) is 6. The van der Waals surface area contributed by atoms with Crippen LogP contribution >= 0.6 is 23.2 Å². The number of hydrogen-bond donors (Lipinski definition) is 1. The Bertz CT molecular complexity index is 1490. The van der Waals surface area contributed by atoms with Gasteiger partial charge in [-0.25, -0.2) is 12.8 Å². The number of amides is 2. The van der Waals surface area contributed by atoms with Crippen LogP contribution in [0.5, 0.6) is 11.5 Å². The van der Waals surface area contributed by atoms with E-state index in [1.807, 2.05) is 0 Å². The lowest BCUT2D eigenvalue weighted by molar-refractivity contribution is -0.139. The Morgan fingerprint density at radius 3 is 2.17 bits per heavy atom. The van der Waals surface area contributed by atoms with Gasteiger partial charge in [0.05, 0.1) is 34.8 Å². The smallest absolute Gasteiger partial charge is 0.264 e. The molecule has 0 aliphatic carbocycles. The van der Waals surface area contributed by atoms with Gasteiger partial charge < -0.3 is 19.7 Å². The van der Waals surface area contributed by atoms with Crippen molar-refractivity contribution in [1.82, 2.24) is 10.2 Å². The van der Waals surface area contributed by atoms with Crippen LogP contribution in [-0.2, 0) is 26.2 Å². The maximum atomic E-state index is 13.9. The highest BCUT2D eigenvalue weighted by molar-refractivity contribution is 7.92. The predicted molar refractivity (Wildman–Crippen MR) is 151 cm³/mol. The molecule has 0 saturated carbocycles. The van der Waals surface area contributed by atoms with Crippen molar-refractivity contribution in [3.8, 4) is 11.5 Å². The summed E-state index contributed by atoms with van der Waals surface area (Å²) in [6, 6.07) is 12.4. The van der Waals surface area contributed by atoms with E-state index in [-0.39, 0.29) is 27.9 Å². The summed E-state index contributed by atoms with van der Waals surface area (Å²) in [6.45, 7) is 0.738. The first-order chi connectivity index (χ1) is 18.9. The van der Waals surface area contributed by atoms with E-state index in [0.717, 1.165) is 16.4 Å². The molecule has 0 radical (unpaired) electrons. The summed E-state index contributed by atoms with van der Waals surface area (Å²) in [5.74, 6) is -1.30. The number of carbonyl (C=O) groups is 2. The van der Waals surface area contributed by atoms with E-state index in [0.29, 0.717) is 16.3 Å². The third kappa shape index (κ3) is 6.96. The SMILES string of the molecule is CNC(=O)[C@H](C)N(Cc1ccc(Cl)c(Cl)c1)C(=O)CN(c1ccc(F)cc1)S(=O)(=O)c1ccc(OC)c(OC)c1. The number of rotatable bonds is 11. The van der Waals surface area contributed by atoms with E-state index in [2.05, 4.69) is 5.32 Å². The predicted octanol–water partition coefficient (Wildman–Crippen LogP) is 4.51. The summed E-state index contributed by atoms with van der Waals surface area (Å²) in [4.78, 5) is 27.4. The van der Waals surface area contributed by atoms with Gasteiger partial charge in [0.2, 0.25) is 11.8 Å². The standard InChI is InChI=1S/C27H28Cl2FN3O6S/c1-17(27(35)31-2)32(15-18-5-11-22(28)23(29)13-18)26(34)16-33(20-8-6-19(30)7-9-20)40(36,37)21-10-12-24(38-3)25(14-21)39-4/h5-14,17H,15-16H2,1-4H3,(H,31,35)/t17-/m0/s1. The summed E-state index contributed by atoms with van der Waals surface area (Å²) in [5, 5.41) is 3.06. The summed E-state index contributed by atoms with van der Waals surface area (Å²) < 4.78 is 52.8. The Hall–Kier alpha value is -3.54. The van der Waals surface area contributed by atoms with Crippen molar-refractivity contribution in [3.05, 3.63) is 82.1 Å². The molecule has 0 unspecified atom stereocenters. The highest BCUT2D eigenvalue weighted by atomic mass is 35.5. The van der Waals surface area contributed by atoms with Gasteiger partial charge in [-0.3, -0.25) is 13.9 Å². The molecule has 0 saturated heterocycles. The maximum Gasteiger partial charge on any atom is 0.264 e. The number of benzene rings is 3. The highest BCUT2D eigenvalue weighted by Gasteiger charge is 2.33. The zero-order valence-corrected chi connectivity index (χ0v) is 24.5. The summed E-state index contributed by atoms with van der Waals surface area (Å²) in [5.41, 5.74) is 0.598. The van der Waals surface area contributed by atoms with Crippen LogP contribution in [0.3, 0.4) is 0 Å². The molecule has 0 spiro atoms. The van der Waals surface area contributed by atoms with Crippen LogP contribution < -0.4 is 19.1 Å². The third-order valence-electron chi connectivity index (χ3n) is 6.09. The van der Waals surface area contributed by atoms with Crippen molar-refractivity contribution in [2.24, 2.45) is 0 Å². The van der Waals surface area contributed by atoms with Crippen LogP contribution in [0.1, 0.15) is 12.5 Å². The third-order valence-corrected chi connectivity index (χ3v) is 8.60. The first kappa shape index (κ1) is 31.0. The van der Waals surface area contributed by atoms with Crippen LogP contribution in [0.4, 0.5) is 10.1 Å². The number of methoxy groups -OCH3 is 2. The first-order valence-electron chi connectivity index (χ1n) is 11.9. The molecule has 3 aromatic carbocycles. The fraction of sp³-hybridized carbons (Fsp3) is 0.259.